The van der Waals surface area contributed by atoms with Gasteiger partial charge in [-0.25, -0.2) is 0 Å². The maximum Gasteiger partial charge on any atom is 0.307 e. The Morgan fingerprint density at radius 3 is 2.20 bits per heavy atom. The fourth-order valence-corrected chi connectivity index (χ4v) is 2.23. The molecule has 25 heavy (non-hydrogen) atoms. The van der Waals surface area contributed by atoms with Gasteiger partial charge in [-0.15, -0.1) is 0 Å². The van der Waals surface area contributed by atoms with E-state index in [9.17, 15) is 9.59 Å². The predicted molar refractivity (Wildman–Crippen MR) is 101 cm³/mol. The Morgan fingerprint density at radius 2 is 1.48 bits per heavy atom. The fraction of sp³-hybridized carbons (Fsp3) is 0.895. The van der Waals surface area contributed by atoms with Crippen molar-refractivity contribution >= 4 is 11.9 Å². The van der Waals surface area contributed by atoms with E-state index in [-0.39, 0.29) is 11.9 Å². The number of hydrogen-bond donors (Lipinski definition) is 1. The fourth-order valence-electron chi connectivity index (χ4n) is 2.23. The van der Waals surface area contributed by atoms with Crippen molar-refractivity contribution < 1.29 is 19.1 Å². The highest BCUT2D eigenvalue weighted by atomic mass is 16.5. The van der Waals surface area contributed by atoms with Crippen LogP contribution in [-0.2, 0) is 19.1 Å². The maximum absolute atomic E-state index is 11.7. The summed E-state index contributed by atoms with van der Waals surface area (Å²) in [6.07, 6.45) is 7.48. The summed E-state index contributed by atoms with van der Waals surface area (Å²) in [5.41, 5.74) is 0. The monoisotopic (exact) mass is 358 g/mol. The van der Waals surface area contributed by atoms with Crippen LogP contribution in [-0.4, -0.2) is 63.3 Å². The first kappa shape index (κ1) is 23.9. The van der Waals surface area contributed by atoms with Gasteiger partial charge in [-0.3, -0.25) is 9.59 Å². The van der Waals surface area contributed by atoms with Crippen LogP contribution < -0.4 is 5.32 Å². The number of unbranched alkanes of at least 4 members (excludes halogenated alkanes) is 4. The summed E-state index contributed by atoms with van der Waals surface area (Å²) in [5.74, 6) is -0.269. The largest absolute Gasteiger partial charge is 0.466 e. The summed E-state index contributed by atoms with van der Waals surface area (Å²) < 4.78 is 10.2. The highest BCUT2D eigenvalue weighted by Gasteiger charge is 2.06. The molecule has 0 heterocycles. The number of likely N-dealkylation sites (N-methyl/N-ethyl adjacent to an activating group) is 1. The molecular formula is C19H38N2O4. The molecule has 0 rings (SSSR count). The lowest BCUT2D eigenvalue weighted by Crippen LogP contribution is -2.32. The SMILES string of the molecule is CCCCCCCOC(=O)CCN(C)CCNCCC(=O)OCCC. The van der Waals surface area contributed by atoms with Crippen molar-refractivity contribution in [1.29, 1.82) is 0 Å². The minimum absolute atomic E-state index is 0.117. The van der Waals surface area contributed by atoms with Crippen LogP contribution in [0.25, 0.3) is 0 Å². The van der Waals surface area contributed by atoms with Gasteiger partial charge in [0.25, 0.3) is 0 Å². The zero-order chi connectivity index (χ0) is 18.8. The van der Waals surface area contributed by atoms with Gasteiger partial charge in [-0.05, 0) is 19.9 Å². The Bertz CT molecular complexity index is 337. The molecule has 0 saturated heterocycles. The average molecular weight is 359 g/mol. The third kappa shape index (κ3) is 17.5. The van der Waals surface area contributed by atoms with Crippen LogP contribution >= 0.6 is 0 Å². The zero-order valence-electron chi connectivity index (χ0n) is 16.5. The molecule has 0 amide bonds. The summed E-state index contributed by atoms with van der Waals surface area (Å²) in [6.45, 7) is 8.13. The van der Waals surface area contributed by atoms with Gasteiger partial charge in [0, 0.05) is 26.2 Å². The number of nitrogens with zero attached hydrogens (tertiary/aromatic N) is 1. The van der Waals surface area contributed by atoms with Gasteiger partial charge in [0.05, 0.1) is 26.1 Å². The van der Waals surface area contributed by atoms with Crippen molar-refractivity contribution in [2.24, 2.45) is 0 Å². The molecule has 0 bridgehead atoms. The average Bonchev–Trinajstić information content (AvgIpc) is 2.60. The van der Waals surface area contributed by atoms with E-state index in [1.165, 1.54) is 19.3 Å². The Labute approximate surface area is 153 Å². The van der Waals surface area contributed by atoms with Gasteiger partial charge in [0.15, 0.2) is 0 Å². The third-order valence-electron chi connectivity index (χ3n) is 3.85. The second kappa shape index (κ2) is 17.7. The Balaban J connectivity index is 3.43. The molecular weight excluding hydrogens is 320 g/mol. The van der Waals surface area contributed by atoms with Crippen molar-refractivity contribution in [2.45, 2.75) is 65.2 Å². The topological polar surface area (TPSA) is 67.9 Å². The van der Waals surface area contributed by atoms with Crippen molar-refractivity contribution in [1.82, 2.24) is 10.2 Å². The molecule has 0 aliphatic carbocycles. The van der Waals surface area contributed by atoms with Crippen LogP contribution in [0.2, 0.25) is 0 Å². The number of rotatable bonds is 17. The lowest BCUT2D eigenvalue weighted by molar-refractivity contribution is -0.144. The number of nitrogens with one attached hydrogen (secondary N) is 1. The molecule has 0 aliphatic rings. The van der Waals surface area contributed by atoms with Crippen molar-refractivity contribution in [3.63, 3.8) is 0 Å². The van der Waals surface area contributed by atoms with Crippen LogP contribution in [0.4, 0.5) is 0 Å². The molecule has 6 heteroatoms. The van der Waals surface area contributed by atoms with Crippen LogP contribution in [0.1, 0.15) is 65.2 Å². The van der Waals surface area contributed by atoms with Crippen molar-refractivity contribution in [3.8, 4) is 0 Å². The van der Waals surface area contributed by atoms with Gasteiger partial charge in [0.1, 0.15) is 0 Å². The van der Waals surface area contributed by atoms with E-state index in [1.807, 2.05) is 14.0 Å². The zero-order valence-corrected chi connectivity index (χ0v) is 16.5. The molecule has 1 N–H and O–H groups in total. The number of carbonyl (C=O) groups is 2. The van der Waals surface area contributed by atoms with Crippen LogP contribution in [0.15, 0.2) is 0 Å². The van der Waals surface area contributed by atoms with Crippen molar-refractivity contribution in [3.05, 3.63) is 0 Å². The van der Waals surface area contributed by atoms with E-state index in [2.05, 4.69) is 17.1 Å². The van der Waals surface area contributed by atoms with E-state index in [1.54, 1.807) is 0 Å². The molecule has 0 radical (unpaired) electrons. The molecule has 0 aromatic rings. The Hall–Kier alpha value is -1.14. The molecule has 0 atom stereocenters. The van der Waals surface area contributed by atoms with Gasteiger partial charge < -0.3 is 19.7 Å². The lowest BCUT2D eigenvalue weighted by atomic mass is 10.2. The first-order chi connectivity index (χ1) is 12.1. The summed E-state index contributed by atoms with van der Waals surface area (Å²) in [4.78, 5) is 25.1. The van der Waals surface area contributed by atoms with E-state index in [0.717, 1.165) is 32.4 Å². The number of carbonyl (C=O) groups excluding carboxylic acids is 2. The summed E-state index contributed by atoms with van der Waals surface area (Å²) in [7, 11) is 1.98. The van der Waals surface area contributed by atoms with Gasteiger partial charge in [0.2, 0.25) is 0 Å². The lowest BCUT2D eigenvalue weighted by Gasteiger charge is -2.16. The smallest absolute Gasteiger partial charge is 0.307 e. The highest BCUT2D eigenvalue weighted by molar-refractivity contribution is 5.69. The van der Waals surface area contributed by atoms with E-state index < -0.39 is 0 Å². The first-order valence-electron chi connectivity index (χ1n) is 9.80. The minimum atomic E-state index is -0.153. The number of hydrogen-bond acceptors (Lipinski definition) is 6. The molecule has 0 spiro atoms. The molecule has 6 nitrogen and oxygen atoms in total. The normalized spacial score (nSPS) is 10.9. The minimum Gasteiger partial charge on any atom is -0.466 e. The standard InChI is InChI=1S/C19H38N2O4/c1-4-6-7-8-9-17-25-19(23)11-14-21(3)15-13-20-12-10-18(22)24-16-5-2/h20H,4-17H2,1-3H3. The summed E-state index contributed by atoms with van der Waals surface area (Å²) >= 11 is 0. The number of ether oxygens (including phenoxy) is 2. The van der Waals surface area contributed by atoms with Gasteiger partial charge in [-0.1, -0.05) is 39.5 Å². The van der Waals surface area contributed by atoms with Gasteiger partial charge in [-0.2, -0.15) is 0 Å². The molecule has 0 saturated carbocycles. The van der Waals surface area contributed by atoms with E-state index in [0.29, 0.717) is 39.1 Å². The maximum atomic E-state index is 11.7. The van der Waals surface area contributed by atoms with Gasteiger partial charge >= 0.3 is 11.9 Å². The Morgan fingerprint density at radius 1 is 0.800 bits per heavy atom. The molecule has 0 fully saturated rings. The Kier molecular flexibility index (Phi) is 16.9. The quantitative estimate of drug-likeness (QED) is 0.318. The summed E-state index contributed by atoms with van der Waals surface area (Å²) in [6, 6.07) is 0. The van der Waals surface area contributed by atoms with Crippen LogP contribution in [0, 0.1) is 0 Å². The predicted octanol–water partition coefficient (Wildman–Crippen LogP) is 2.75. The van der Waals surface area contributed by atoms with E-state index in [4.69, 9.17) is 9.47 Å². The molecule has 0 aromatic heterocycles. The number of esters is 2. The summed E-state index contributed by atoms with van der Waals surface area (Å²) in [5, 5.41) is 3.21. The first-order valence-corrected chi connectivity index (χ1v) is 9.80. The second-order valence-electron chi connectivity index (χ2n) is 6.41. The molecule has 148 valence electrons. The molecule has 0 unspecified atom stereocenters. The van der Waals surface area contributed by atoms with Crippen molar-refractivity contribution in [2.75, 3.05) is 46.4 Å². The van der Waals surface area contributed by atoms with Crippen LogP contribution in [0.5, 0.6) is 0 Å². The third-order valence-corrected chi connectivity index (χ3v) is 3.85. The second-order valence-corrected chi connectivity index (χ2v) is 6.41. The highest BCUT2D eigenvalue weighted by Crippen LogP contribution is 2.03. The molecule has 0 aliphatic heterocycles. The van der Waals surface area contributed by atoms with E-state index >= 15 is 0 Å². The molecule has 0 aromatic carbocycles. The van der Waals surface area contributed by atoms with Crippen LogP contribution in [0.3, 0.4) is 0 Å².